The van der Waals surface area contributed by atoms with Gasteiger partial charge in [0.2, 0.25) is 17.7 Å². The van der Waals surface area contributed by atoms with Crippen LogP contribution in [0.25, 0.3) is 0 Å². The van der Waals surface area contributed by atoms with Gasteiger partial charge in [-0.05, 0) is 30.0 Å². The fourth-order valence-electron chi connectivity index (χ4n) is 3.09. The molecule has 0 aliphatic carbocycles. The van der Waals surface area contributed by atoms with Crippen LogP contribution in [0, 0.1) is 5.92 Å². The molecule has 2 aliphatic heterocycles. The lowest BCUT2D eigenvalue weighted by Gasteiger charge is -2.30. The summed E-state index contributed by atoms with van der Waals surface area (Å²) in [5.74, 6) is -0.337. The van der Waals surface area contributed by atoms with Gasteiger partial charge in [0.25, 0.3) is 0 Å². The summed E-state index contributed by atoms with van der Waals surface area (Å²) < 4.78 is 0. The van der Waals surface area contributed by atoms with Crippen LogP contribution in [-0.2, 0) is 27.2 Å². The number of hydrogen-bond acceptors (Lipinski definition) is 3. The summed E-state index contributed by atoms with van der Waals surface area (Å²) in [6.07, 6.45) is 1.98. The summed E-state index contributed by atoms with van der Waals surface area (Å²) >= 11 is 0. The highest BCUT2D eigenvalue weighted by Gasteiger charge is 2.26. The molecule has 3 amide bonds. The Kier molecular flexibility index (Phi) is 3.83. The number of hydrogen-bond donors (Lipinski definition) is 2. The van der Waals surface area contributed by atoms with E-state index in [0.717, 1.165) is 16.8 Å². The first-order valence-corrected chi connectivity index (χ1v) is 7.51. The van der Waals surface area contributed by atoms with Crippen LogP contribution < -0.4 is 11.1 Å². The number of piperidine rings is 1. The first-order chi connectivity index (χ1) is 10.5. The Morgan fingerprint density at radius 3 is 2.68 bits per heavy atom. The average molecular weight is 301 g/mol. The topological polar surface area (TPSA) is 92.5 Å². The predicted octanol–water partition coefficient (Wildman–Crippen LogP) is 0.448. The maximum atomic E-state index is 12.3. The van der Waals surface area contributed by atoms with E-state index in [0.29, 0.717) is 38.8 Å². The number of carbonyl (C=O) groups is 3. The largest absolute Gasteiger partial charge is 0.369 e. The van der Waals surface area contributed by atoms with E-state index in [2.05, 4.69) is 5.32 Å². The number of primary amides is 1. The number of anilines is 1. The Balaban J connectivity index is 1.60. The molecule has 6 heteroatoms. The maximum absolute atomic E-state index is 12.3. The van der Waals surface area contributed by atoms with E-state index < -0.39 is 0 Å². The maximum Gasteiger partial charge on any atom is 0.228 e. The minimum absolute atomic E-state index is 0.00741. The van der Waals surface area contributed by atoms with Crippen LogP contribution in [-0.4, -0.2) is 35.7 Å². The van der Waals surface area contributed by atoms with Gasteiger partial charge in [0.15, 0.2) is 0 Å². The highest BCUT2D eigenvalue weighted by atomic mass is 16.2. The molecular weight excluding hydrogens is 282 g/mol. The number of fused-ring (bicyclic) bond motifs is 1. The zero-order valence-electron chi connectivity index (χ0n) is 12.3. The first kappa shape index (κ1) is 14.6. The molecule has 1 fully saturated rings. The van der Waals surface area contributed by atoms with E-state index >= 15 is 0 Å². The van der Waals surface area contributed by atoms with Gasteiger partial charge in [-0.15, -0.1) is 0 Å². The number of amides is 3. The van der Waals surface area contributed by atoms with Crippen molar-refractivity contribution in [3.8, 4) is 0 Å². The fraction of sp³-hybridized carbons (Fsp3) is 0.438. The van der Waals surface area contributed by atoms with Crippen molar-refractivity contribution in [2.24, 2.45) is 11.7 Å². The van der Waals surface area contributed by atoms with Gasteiger partial charge in [-0.25, -0.2) is 0 Å². The van der Waals surface area contributed by atoms with Crippen LogP contribution in [0.15, 0.2) is 18.2 Å². The number of nitrogens with two attached hydrogens (primary N) is 1. The van der Waals surface area contributed by atoms with Gasteiger partial charge >= 0.3 is 0 Å². The van der Waals surface area contributed by atoms with Crippen LogP contribution in [0.1, 0.15) is 24.0 Å². The lowest BCUT2D eigenvalue weighted by Crippen LogP contribution is -2.42. The van der Waals surface area contributed by atoms with Gasteiger partial charge in [-0.1, -0.05) is 12.1 Å². The normalized spacial score (nSPS) is 18.0. The average Bonchev–Trinajstić information content (AvgIpc) is 2.86. The molecule has 0 saturated carbocycles. The Labute approximate surface area is 128 Å². The summed E-state index contributed by atoms with van der Waals surface area (Å²) in [5.41, 5.74) is 8.00. The van der Waals surface area contributed by atoms with Gasteiger partial charge < -0.3 is 16.0 Å². The molecule has 0 unspecified atom stereocenters. The Morgan fingerprint density at radius 1 is 1.27 bits per heavy atom. The number of rotatable bonds is 3. The van der Waals surface area contributed by atoms with Crippen molar-refractivity contribution in [3.05, 3.63) is 29.3 Å². The SMILES string of the molecule is NC(=O)C1CCN(C(=O)Cc2ccc3c(c2)CC(=O)N3)CC1. The van der Waals surface area contributed by atoms with Crippen molar-refractivity contribution in [2.45, 2.75) is 25.7 Å². The number of carbonyl (C=O) groups excluding carboxylic acids is 3. The van der Waals surface area contributed by atoms with E-state index in [1.807, 2.05) is 18.2 Å². The molecule has 1 saturated heterocycles. The molecule has 0 atom stereocenters. The summed E-state index contributed by atoms with van der Waals surface area (Å²) in [5, 5.41) is 2.78. The third-order valence-electron chi connectivity index (χ3n) is 4.40. The van der Waals surface area contributed by atoms with Gasteiger partial charge in [-0.2, -0.15) is 0 Å². The van der Waals surface area contributed by atoms with Crippen molar-refractivity contribution in [1.82, 2.24) is 4.90 Å². The third-order valence-corrected chi connectivity index (χ3v) is 4.40. The molecule has 3 rings (SSSR count). The van der Waals surface area contributed by atoms with Gasteiger partial charge in [-0.3, -0.25) is 14.4 Å². The summed E-state index contributed by atoms with van der Waals surface area (Å²) in [7, 11) is 0. The van der Waals surface area contributed by atoms with Crippen LogP contribution in [0.3, 0.4) is 0 Å². The number of likely N-dealkylation sites (tertiary alicyclic amines) is 1. The minimum Gasteiger partial charge on any atom is -0.369 e. The molecule has 0 aromatic heterocycles. The van der Waals surface area contributed by atoms with Crippen LogP contribution >= 0.6 is 0 Å². The monoisotopic (exact) mass is 301 g/mol. The van der Waals surface area contributed by atoms with E-state index in [9.17, 15) is 14.4 Å². The second kappa shape index (κ2) is 5.79. The molecule has 0 bridgehead atoms. The quantitative estimate of drug-likeness (QED) is 0.849. The van der Waals surface area contributed by atoms with E-state index in [1.54, 1.807) is 4.90 Å². The summed E-state index contributed by atoms with van der Waals surface area (Å²) in [4.78, 5) is 36.6. The summed E-state index contributed by atoms with van der Waals surface area (Å²) in [6, 6.07) is 5.64. The first-order valence-electron chi connectivity index (χ1n) is 7.51. The molecule has 3 N–H and O–H groups in total. The zero-order chi connectivity index (χ0) is 15.7. The van der Waals surface area contributed by atoms with Crippen LogP contribution in [0.5, 0.6) is 0 Å². The minimum atomic E-state index is -0.275. The highest BCUT2D eigenvalue weighted by molar-refractivity contribution is 5.99. The molecule has 22 heavy (non-hydrogen) atoms. The van der Waals surface area contributed by atoms with Crippen LogP contribution in [0.4, 0.5) is 5.69 Å². The molecule has 2 aliphatic rings. The Hall–Kier alpha value is -2.37. The van der Waals surface area contributed by atoms with Gasteiger partial charge in [0, 0.05) is 24.7 Å². The van der Waals surface area contributed by atoms with Gasteiger partial charge in [0.05, 0.1) is 12.8 Å². The van der Waals surface area contributed by atoms with Crippen molar-refractivity contribution in [1.29, 1.82) is 0 Å². The van der Waals surface area contributed by atoms with Crippen molar-refractivity contribution in [2.75, 3.05) is 18.4 Å². The second-order valence-electron chi connectivity index (χ2n) is 5.95. The molecule has 6 nitrogen and oxygen atoms in total. The lowest BCUT2D eigenvalue weighted by molar-refractivity contribution is -0.134. The molecule has 0 radical (unpaired) electrons. The van der Waals surface area contributed by atoms with Crippen molar-refractivity contribution < 1.29 is 14.4 Å². The Bertz CT molecular complexity index is 634. The lowest BCUT2D eigenvalue weighted by atomic mass is 9.96. The summed E-state index contributed by atoms with van der Waals surface area (Å²) in [6.45, 7) is 1.16. The number of nitrogens with zero attached hydrogens (tertiary/aromatic N) is 1. The molecular formula is C16H19N3O3. The van der Waals surface area contributed by atoms with Crippen LogP contribution in [0.2, 0.25) is 0 Å². The molecule has 2 heterocycles. The third kappa shape index (κ3) is 2.95. The van der Waals surface area contributed by atoms with E-state index in [4.69, 9.17) is 5.73 Å². The number of benzene rings is 1. The van der Waals surface area contributed by atoms with E-state index in [1.165, 1.54) is 0 Å². The molecule has 116 valence electrons. The molecule has 1 aromatic carbocycles. The van der Waals surface area contributed by atoms with Crippen molar-refractivity contribution in [3.63, 3.8) is 0 Å². The smallest absolute Gasteiger partial charge is 0.228 e. The van der Waals surface area contributed by atoms with Crippen molar-refractivity contribution >= 4 is 23.4 Å². The van der Waals surface area contributed by atoms with E-state index in [-0.39, 0.29) is 23.6 Å². The standard InChI is InChI=1S/C16H19N3O3/c17-16(22)11-3-5-19(6-4-11)15(21)8-10-1-2-13-12(7-10)9-14(20)18-13/h1-2,7,11H,3-6,8-9H2,(H2,17,22)(H,18,20). The van der Waals surface area contributed by atoms with Gasteiger partial charge in [0.1, 0.15) is 0 Å². The number of nitrogens with one attached hydrogen (secondary N) is 1. The predicted molar refractivity (Wildman–Crippen MR) is 81.0 cm³/mol. The molecule has 1 aromatic rings. The second-order valence-corrected chi connectivity index (χ2v) is 5.95. The molecule has 0 spiro atoms. The Morgan fingerprint density at radius 2 is 2.00 bits per heavy atom. The highest BCUT2D eigenvalue weighted by Crippen LogP contribution is 2.24. The zero-order valence-corrected chi connectivity index (χ0v) is 12.3. The fourth-order valence-corrected chi connectivity index (χ4v) is 3.09.